The third-order valence-electron chi connectivity index (χ3n) is 4.46. The van der Waals surface area contributed by atoms with Crippen LogP contribution in [-0.2, 0) is 6.54 Å². The topological polar surface area (TPSA) is 113 Å². The number of hydrogen-bond donors (Lipinski definition) is 4. The minimum Gasteiger partial charge on any atom is -0.504 e. The van der Waals surface area contributed by atoms with E-state index in [0.717, 1.165) is 11.3 Å². The summed E-state index contributed by atoms with van der Waals surface area (Å²) in [7, 11) is 1.78. The Labute approximate surface area is 169 Å². The van der Waals surface area contributed by atoms with Crippen LogP contribution in [0.15, 0.2) is 61.1 Å². The summed E-state index contributed by atoms with van der Waals surface area (Å²) >= 11 is 0. The number of aliphatic hydroxyl groups excluding tert-OH is 2. The van der Waals surface area contributed by atoms with Crippen molar-refractivity contribution in [2.24, 2.45) is 0 Å². The fraction of sp³-hybridized carbons (Fsp3) is 0.238. The maximum Gasteiger partial charge on any atom is 0.159 e. The Balaban J connectivity index is 1.90. The van der Waals surface area contributed by atoms with Gasteiger partial charge in [0.25, 0.3) is 0 Å². The van der Waals surface area contributed by atoms with Crippen molar-refractivity contribution >= 4 is 17.2 Å². The van der Waals surface area contributed by atoms with Crippen molar-refractivity contribution in [3.63, 3.8) is 0 Å². The number of hydrogen-bond acceptors (Lipinski definition) is 8. The molecule has 0 fully saturated rings. The number of anilines is 3. The van der Waals surface area contributed by atoms with Gasteiger partial charge in [0.2, 0.25) is 0 Å². The first-order valence-electron chi connectivity index (χ1n) is 9.12. The number of benzene rings is 1. The molecule has 0 saturated heterocycles. The Bertz CT molecular complexity index is 922. The molecule has 0 bridgehead atoms. The van der Waals surface area contributed by atoms with Gasteiger partial charge in [-0.3, -0.25) is 4.98 Å². The molecule has 1 atom stereocenters. The standard InChI is InChI=1S/C21H24N4O4/c1-24(13-18(27)14-26)21-7-5-17(11-23-21)25(12-15-3-2-8-22-10-15)16-4-6-19(28)20(29)9-16/h2-11,18,26-29H,12-14H2,1H3. The Morgan fingerprint density at radius 2 is 1.79 bits per heavy atom. The summed E-state index contributed by atoms with van der Waals surface area (Å²) in [5, 5.41) is 38.2. The van der Waals surface area contributed by atoms with Crippen LogP contribution in [0.25, 0.3) is 0 Å². The summed E-state index contributed by atoms with van der Waals surface area (Å²) in [5.41, 5.74) is 2.42. The molecule has 152 valence electrons. The van der Waals surface area contributed by atoms with Crippen LogP contribution in [0.1, 0.15) is 5.56 Å². The number of aliphatic hydroxyl groups is 2. The average molecular weight is 396 g/mol. The van der Waals surface area contributed by atoms with Gasteiger partial charge in [0.1, 0.15) is 5.82 Å². The predicted octanol–water partition coefficient (Wildman–Crippen LogP) is 2.02. The summed E-state index contributed by atoms with van der Waals surface area (Å²) in [6.07, 6.45) is 4.31. The maximum absolute atomic E-state index is 9.93. The Morgan fingerprint density at radius 1 is 1.00 bits per heavy atom. The lowest BCUT2D eigenvalue weighted by molar-refractivity contribution is 0.101. The number of likely N-dealkylation sites (N-methyl/N-ethyl adjacent to an activating group) is 1. The van der Waals surface area contributed by atoms with E-state index in [2.05, 4.69) is 9.97 Å². The number of nitrogens with zero attached hydrogens (tertiary/aromatic N) is 4. The molecule has 3 rings (SSSR count). The molecule has 3 aromatic rings. The molecule has 1 unspecified atom stereocenters. The van der Waals surface area contributed by atoms with E-state index in [4.69, 9.17) is 5.11 Å². The Kier molecular flexibility index (Phi) is 6.48. The van der Waals surface area contributed by atoms with Crippen molar-refractivity contribution in [2.45, 2.75) is 12.6 Å². The van der Waals surface area contributed by atoms with Crippen LogP contribution in [-0.4, -0.2) is 56.7 Å². The summed E-state index contributed by atoms with van der Waals surface area (Å²) in [5.74, 6) is 0.254. The monoisotopic (exact) mass is 396 g/mol. The number of pyridine rings is 2. The Morgan fingerprint density at radius 3 is 2.41 bits per heavy atom. The molecule has 0 aliphatic carbocycles. The zero-order valence-corrected chi connectivity index (χ0v) is 16.0. The molecule has 8 heteroatoms. The first-order valence-corrected chi connectivity index (χ1v) is 9.12. The van der Waals surface area contributed by atoms with Crippen LogP contribution in [0.4, 0.5) is 17.2 Å². The highest BCUT2D eigenvalue weighted by Gasteiger charge is 2.15. The fourth-order valence-electron chi connectivity index (χ4n) is 2.92. The highest BCUT2D eigenvalue weighted by molar-refractivity contribution is 5.66. The summed E-state index contributed by atoms with van der Waals surface area (Å²) in [4.78, 5) is 12.3. The zero-order valence-electron chi connectivity index (χ0n) is 16.0. The minimum absolute atomic E-state index is 0.187. The SMILES string of the molecule is CN(CC(O)CO)c1ccc(N(Cc2cccnc2)c2ccc(O)c(O)c2)cn1. The summed E-state index contributed by atoms with van der Waals surface area (Å²) in [6.45, 7) is 0.428. The number of aromatic nitrogens is 2. The van der Waals surface area contributed by atoms with Gasteiger partial charge in [-0.2, -0.15) is 0 Å². The van der Waals surface area contributed by atoms with Crippen LogP contribution in [0, 0.1) is 0 Å². The van der Waals surface area contributed by atoms with E-state index in [1.165, 1.54) is 12.1 Å². The van der Waals surface area contributed by atoms with Gasteiger partial charge in [-0.15, -0.1) is 0 Å². The van der Waals surface area contributed by atoms with E-state index >= 15 is 0 Å². The second-order valence-electron chi connectivity index (χ2n) is 6.71. The zero-order chi connectivity index (χ0) is 20.8. The van der Waals surface area contributed by atoms with Gasteiger partial charge in [-0.25, -0.2) is 4.98 Å². The largest absolute Gasteiger partial charge is 0.504 e. The second-order valence-corrected chi connectivity index (χ2v) is 6.71. The van der Waals surface area contributed by atoms with E-state index in [0.29, 0.717) is 18.1 Å². The van der Waals surface area contributed by atoms with Gasteiger partial charge in [0.15, 0.2) is 11.5 Å². The van der Waals surface area contributed by atoms with Crippen molar-refractivity contribution in [2.75, 3.05) is 30.0 Å². The summed E-state index contributed by atoms with van der Waals surface area (Å²) < 4.78 is 0. The first kappa shape index (κ1) is 20.4. The van der Waals surface area contributed by atoms with Crippen LogP contribution < -0.4 is 9.80 Å². The van der Waals surface area contributed by atoms with Gasteiger partial charge >= 0.3 is 0 Å². The van der Waals surface area contributed by atoms with Crippen LogP contribution in [0.2, 0.25) is 0 Å². The van der Waals surface area contributed by atoms with Crippen molar-refractivity contribution in [3.05, 3.63) is 66.6 Å². The highest BCUT2D eigenvalue weighted by atomic mass is 16.3. The van der Waals surface area contributed by atoms with Crippen molar-refractivity contribution < 1.29 is 20.4 Å². The molecule has 29 heavy (non-hydrogen) atoms. The molecular weight excluding hydrogens is 372 g/mol. The molecule has 0 aliphatic rings. The quantitative estimate of drug-likeness (QED) is 0.428. The molecule has 8 nitrogen and oxygen atoms in total. The molecule has 1 aromatic carbocycles. The van der Waals surface area contributed by atoms with E-state index in [1.807, 2.05) is 29.2 Å². The molecule has 2 aromatic heterocycles. The number of phenols is 2. The van der Waals surface area contributed by atoms with Crippen LogP contribution in [0.3, 0.4) is 0 Å². The number of aromatic hydroxyl groups is 2. The lowest BCUT2D eigenvalue weighted by atomic mass is 10.2. The van der Waals surface area contributed by atoms with E-state index in [-0.39, 0.29) is 24.7 Å². The molecule has 0 spiro atoms. The molecular formula is C21H24N4O4. The fourth-order valence-corrected chi connectivity index (χ4v) is 2.92. The number of phenolic OH excluding ortho intramolecular Hbond substituents is 2. The first-order chi connectivity index (χ1) is 14.0. The van der Waals surface area contributed by atoms with E-state index < -0.39 is 6.10 Å². The lowest BCUT2D eigenvalue weighted by Crippen LogP contribution is -2.31. The van der Waals surface area contributed by atoms with Crippen molar-refractivity contribution in [1.82, 2.24) is 9.97 Å². The molecule has 2 heterocycles. The Hall–Kier alpha value is -3.36. The predicted molar refractivity (Wildman–Crippen MR) is 110 cm³/mol. The van der Waals surface area contributed by atoms with Gasteiger partial charge in [0.05, 0.1) is 24.6 Å². The van der Waals surface area contributed by atoms with Gasteiger partial charge < -0.3 is 30.2 Å². The second kappa shape index (κ2) is 9.22. The number of rotatable bonds is 8. The highest BCUT2D eigenvalue weighted by Crippen LogP contribution is 2.34. The molecule has 4 N–H and O–H groups in total. The smallest absolute Gasteiger partial charge is 0.159 e. The van der Waals surface area contributed by atoms with Crippen LogP contribution >= 0.6 is 0 Å². The lowest BCUT2D eigenvalue weighted by Gasteiger charge is -2.26. The van der Waals surface area contributed by atoms with Gasteiger partial charge in [-0.1, -0.05) is 6.07 Å². The molecule has 0 amide bonds. The maximum atomic E-state index is 9.93. The summed E-state index contributed by atoms with van der Waals surface area (Å²) in [6, 6.07) is 12.1. The van der Waals surface area contributed by atoms with Crippen LogP contribution in [0.5, 0.6) is 11.5 Å². The molecule has 0 aliphatic heterocycles. The van der Waals surface area contributed by atoms with Crippen molar-refractivity contribution in [3.8, 4) is 11.5 Å². The van der Waals surface area contributed by atoms with Gasteiger partial charge in [-0.05, 0) is 35.9 Å². The molecule has 0 saturated carbocycles. The third kappa shape index (κ3) is 5.13. The van der Waals surface area contributed by atoms with E-state index in [1.54, 1.807) is 36.6 Å². The van der Waals surface area contributed by atoms with E-state index in [9.17, 15) is 15.3 Å². The van der Waals surface area contributed by atoms with Crippen molar-refractivity contribution in [1.29, 1.82) is 0 Å². The average Bonchev–Trinajstić information content (AvgIpc) is 2.75. The molecule has 0 radical (unpaired) electrons. The minimum atomic E-state index is -0.844. The normalized spacial score (nSPS) is 11.8. The third-order valence-corrected chi connectivity index (χ3v) is 4.46. The van der Waals surface area contributed by atoms with Gasteiger partial charge in [0, 0.05) is 44.3 Å².